The maximum atomic E-state index is 14.2. The van der Waals surface area contributed by atoms with Crippen molar-refractivity contribution in [3.63, 3.8) is 0 Å². The van der Waals surface area contributed by atoms with Crippen molar-refractivity contribution in [1.82, 2.24) is 10.2 Å². The molecule has 0 fully saturated rings. The summed E-state index contributed by atoms with van der Waals surface area (Å²) in [6.45, 7) is 15.3. The largest absolute Gasteiger partial charge is 0.508 e. The number of phenolic OH excluding ortho intramolecular Hbond substituents is 1. The smallest absolute Gasteiger partial charge is 0.408 e. The van der Waals surface area contributed by atoms with E-state index in [-0.39, 0.29) is 23.5 Å². The molecule has 2 aromatic rings. The monoisotopic (exact) mass is 553 g/mol. The Hall–Kier alpha value is -3.55. The average molecular weight is 554 g/mol. The molecular weight excluding hydrogens is 506 g/mol. The number of ether oxygens (including phenoxy) is 1. The van der Waals surface area contributed by atoms with Gasteiger partial charge in [-0.05, 0) is 75.8 Å². The van der Waals surface area contributed by atoms with Gasteiger partial charge in [0.15, 0.2) is 0 Å². The first-order valence-corrected chi connectivity index (χ1v) is 14.2. The molecular formula is C32H47N3O5. The van der Waals surface area contributed by atoms with E-state index in [1.54, 1.807) is 37.8 Å². The maximum absolute atomic E-state index is 14.2. The van der Waals surface area contributed by atoms with E-state index in [4.69, 9.17) is 4.74 Å². The average Bonchev–Trinajstić information content (AvgIpc) is 2.86. The summed E-state index contributed by atoms with van der Waals surface area (Å²) in [6.07, 6.45) is 2.93. The van der Waals surface area contributed by atoms with Gasteiger partial charge in [0, 0.05) is 12.2 Å². The van der Waals surface area contributed by atoms with Gasteiger partial charge in [0.25, 0.3) is 5.91 Å². The van der Waals surface area contributed by atoms with Crippen LogP contribution in [0.25, 0.3) is 0 Å². The molecule has 8 heteroatoms. The molecule has 3 N–H and O–H groups in total. The second-order valence-corrected chi connectivity index (χ2v) is 11.7. The number of nitrogens with zero attached hydrogens (tertiary/aromatic N) is 1. The van der Waals surface area contributed by atoms with Crippen LogP contribution in [-0.2, 0) is 14.3 Å². The number of unbranched alkanes of at least 4 members (excludes halogenated alkanes) is 3. The summed E-state index contributed by atoms with van der Waals surface area (Å²) in [5.41, 5.74) is 2.34. The summed E-state index contributed by atoms with van der Waals surface area (Å²) in [7, 11) is 0. The van der Waals surface area contributed by atoms with Gasteiger partial charge in [-0.15, -0.1) is 0 Å². The normalized spacial score (nSPS) is 12.9. The van der Waals surface area contributed by atoms with Gasteiger partial charge in [0.05, 0.1) is 0 Å². The van der Waals surface area contributed by atoms with Gasteiger partial charge in [-0.3, -0.25) is 9.59 Å². The van der Waals surface area contributed by atoms with Crippen molar-refractivity contribution in [3.8, 4) is 5.75 Å². The lowest BCUT2D eigenvalue weighted by molar-refractivity contribution is -0.141. The third-order valence-corrected chi connectivity index (χ3v) is 6.64. The Kier molecular flexibility index (Phi) is 12.0. The molecule has 2 aromatic carbocycles. The Balaban J connectivity index is 2.55. The van der Waals surface area contributed by atoms with Gasteiger partial charge in [-0.25, -0.2) is 4.79 Å². The molecule has 0 saturated carbocycles. The van der Waals surface area contributed by atoms with Gasteiger partial charge in [0.2, 0.25) is 5.91 Å². The van der Waals surface area contributed by atoms with E-state index in [1.807, 2.05) is 45.9 Å². The zero-order valence-corrected chi connectivity index (χ0v) is 25.3. The van der Waals surface area contributed by atoms with E-state index in [9.17, 15) is 19.5 Å². The molecule has 0 bridgehead atoms. The Morgan fingerprint density at radius 1 is 0.950 bits per heavy atom. The maximum Gasteiger partial charge on any atom is 0.408 e. The first-order valence-electron chi connectivity index (χ1n) is 14.2. The fraction of sp³-hybridized carbons (Fsp3) is 0.531. The van der Waals surface area contributed by atoms with Crippen LogP contribution in [0.2, 0.25) is 0 Å². The number of carbonyl (C=O) groups is 3. The van der Waals surface area contributed by atoms with Crippen LogP contribution in [0.3, 0.4) is 0 Å². The number of anilines is 1. The topological polar surface area (TPSA) is 108 Å². The van der Waals surface area contributed by atoms with Gasteiger partial charge in [-0.2, -0.15) is 0 Å². The van der Waals surface area contributed by atoms with Crippen LogP contribution in [0.15, 0.2) is 42.5 Å². The van der Waals surface area contributed by atoms with Gasteiger partial charge in [-0.1, -0.05) is 70.4 Å². The fourth-order valence-electron chi connectivity index (χ4n) is 4.53. The van der Waals surface area contributed by atoms with Crippen LogP contribution in [0.5, 0.6) is 5.75 Å². The Morgan fingerprint density at radius 2 is 1.55 bits per heavy atom. The zero-order valence-electron chi connectivity index (χ0n) is 25.3. The van der Waals surface area contributed by atoms with Crippen LogP contribution < -0.4 is 10.6 Å². The summed E-state index contributed by atoms with van der Waals surface area (Å²) in [6, 6.07) is 10.2. The molecule has 3 amide bonds. The minimum Gasteiger partial charge on any atom is -0.508 e. The molecule has 0 heterocycles. The van der Waals surface area contributed by atoms with Crippen molar-refractivity contribution in [1.29, 1.82) is 0 Å². The molecule has 8 nitrogen and oxygen atoms in total. The quantitative estimate of drug-likeness (QED) is 0.255. The number of amides is 3. The molecule has 40 heavy (non-hydrogen) atoms. The number of carbonyl (C=O) groups excluding carboxylic acids is 3. The van der Waals surface area contributed by atoms with E-state index in [2.05, 4.69) is 17.6 Å². The predicted molar refractivity (Wildman–Crippen MR) is 159 cm³/mol. The highest BCUT2D eigenvalue weighted by molar-refractivity contribution is 6.00. The van der Waals surface area contributed by atoms with Gasteiger partial charge >= 0.3 is 6.09 Å². The van der Waals surface area contributed by atoms with Crippen molar-refractivity contribution in [2.45, 2.75) is 98.8 Å². The highest BCUT2D eigenvalue weighted by atomic mass is 16.6. The van der Waals surface area contributed by atoms with Gasteiger partial charge < -0.3 is 25.4 Å². The van der Waals surface area contributed by atoms with Crippen LogP contribution in [0.4, 0.5) is 10.5 Å². The van der Waals surface area contributed by atoms with Crippen LogP contribution in [0.1, 0.15) is 90.0 Å². The number of para-hydroxylation sites is 1. The number of rotatable bonds is 12. The fourth-order valence-corrected chi connectivity index (χ4v) is 4.53. The second-order valence-electron chi connectivity index (χ2n) is 11.7. The highest BCUT2D eigenvalue weighted by Gasteiger charge is 2.37. The Bertz CT molecular complexity index is 1120. The van der Waals surface area contributed by atoms with E-state index in [1.165, 1.54) is 12.1 Å². The molecule has 0 aliphatic carbocycles. The highest BCUT2D eigenvalue weighted by Crippen LogP contribution is 2.29. The third-order valence-electron chi connectivity index (χ3n) is 6.64. The lowest BCUT2D eigenvalue weighted by Crippen LogP contribution is -2.54. The number of alkyl carbamates (subject to hydrolysis) is 1. The van der Waals surface area contributed by atoms with E-state index >= 15 is 0 Å². The van der Waals surface area contributed by atoms with Crippen LogP contribution in [-0.4, -0.2) is 46.1 Å². The molecule has 220 valence electrons. The number of aromatic hydroxyl groups is 1. The van der Waals surface area contributed by atoms with Crippen molar-refractivity contribution in [2.75, 3.05) is 11.9 Å². The SMILES string of the molecule is CCCCCCN(C(=O)C(NC(=O)OC(C)(C)C)C(C)C)C(C(=O)Nc1c(C)cccc1C)c1ccc(O)cc1. The first-order chi connectivity index (χ1) is 18.7. The molecule has 2 unspecified atom stereocenters. The standard InChI is InChI=1S/C32H47N3O5/c1-9-10-11-12-20-35(30(38)26(21(2)3)34-31(39)40-32(6,7)8)28(24-16-18-25(36)19-17-24)29(37)33-27-22(4)14-13-15-23(27)5/h13-19,21,26,28,36H,9-12,20H2,1-8H3,(H,33,37)(H,34,39). The summed E-state index contributed by atoms with van der Waals surface area (Å²) in [5.74, 6) is -0.941. The predicted octanol–water partition coefficient (Wildman–Crippen LogP) is 6.65. The molecule has 0 aliphatic heterocycles. The summed E-state index contributed by atoms with van der Waals surface area (Å²) >= 11 is 0. The van der Waals surface area contributed by atoms with E-state index in [0.717, 1.165) is 30.4 Å². The van der Waals surface area contributed by atoms with Crippen molar-refractivity contribution >= 4 is 23.6 Å². The Labute approximate surface area is 239 Å². The summed E-state index contributed by atoms with van der Waals surface area (Å²) in [5, 5.41) is 15.8. The number of nitrogens with one attached hydrogen (secondary N) is 2. The lowest BCUT2D eigenvalue weighted by Gasteiger charge is -2.36. The minimum atomic E-state index is -0.990. The number of benzene rings is 2. The van der Waals surface area contributed by atoms with Crippen molar-refractivity contribution < 1.29 is 24.2 Å². The van der Waals surface area contributed by atoms with Gasteiger partial charge in [0.1, 0.15) is 23.4 Å². The number of aryl methyl sites for hydroxylation is 2. The molecule has 2 rings (SSSR count). The van der Waals surface area contributed by atoms with Crippen LogP contribution in [0, 0.1) is 19.8 Å². The number of hydrogen-bond acceptors (Lipinski definition) is 5. The molecule has 0 spiro atoms. The molecule has 0 aromatic heterocycles. The van der Waals surface area contributed by atoms with Crippen LogP contribution >= 0.6 is 0 Å². The lowest BCUT2D eigenvalue weighted by atomic mass is 9.98. The minimum absolute atomic E-state index is 0.0603. The summed E-state index contributed by atoms with van der Waals surface area (Å²) in [4.78, 5) is 42.6. The van der Waals surface area contributed by atoms with E-state index in [0.29, 0.717) is 24.2 Å². The summed E-state index contributed by atoms with van der Waals surface area (Å²) < 4.78 is 5.44. The molecule has 2 atom stereocenters. The molecule has 0 radical (unpaired) electrons. The van der Waals surface area contributed by atoms with E-state index < -0.39 is 23.8 Å². The van der Waals surface area contributed by atoms with Crippen molar-refractivity contribution in [2.24, 2.45) is 5.92 Å². The second kappa shape index (κ2) is 14.7. The Morgan fingerprint density at radius 3 is 2.08 bits per heavy atom. The first kappa shape index (κ1) is 32.7. The number of phenols is 1. The zero-order chi connectivity index (χ0) is 30.0. The molecule has 0 aliphatic rings. The van der Waals surface area contributed by atoms with Crippen molar-refractivity contribution in [3.05, 3.63) is 59.2 Å². The third kappa shape index (κ3) is 9.57. The molecule has 0 saturated heterocycles. The number of hydrogen-bond donors (Lipinski definition) is 3.